The Labute approximate surface area is 108 Å². The summed E-state index contributed by atoms with van der Waals surface area (Å²) >= 11 is 0. The van der Waals surface area contributed by atoms with Crippen LogP contribution in [0.2, 0.25) is 0 Å². The highest BCUT2D eigenvalue weighted by molar-refractivity contribution is 5.82. The summed E-state index contributed by atoms with van der Waals surface area (Å²) in [5.41, 5.74) is 7.41. The van der Waals surface area contributed by atoms with E-state index in [0.717, 1.165) is 30.8 Å². The van der Waals surface area contributed by atoms with Gasteiger partial charge < -0.3 is 15.5 Å². The van der Waals surface area contributed by atoms with E-state index in [1.165, 1.54) is 0 Å². The van der Waals surface area contributed by atoms with Crippen LogP contribution in [0, 0.1) is 0 Å². The summed E-state index contributed by atoms with van der Waals surface area (Å²) in [5.74, 6) is 0.208. The van der Waals surface area contributed by atoms with Crippen molar-refractivity contribution < 1.29 is 4.79 Å². The van der Waals surface area contributed by atoms with Crippen LogP contribution in [0.25, 0.3) is 0 Å². The molecule has 0 aromatic heterocycles. The van der Waals surface area contributed by atoms with Crippen molar-refractivity contribution in [1.82, 2.24) is 4.90 Å². The number of rotatable bonds is 5. The van der Waals surface area contributed by atoms with E-state index in [-0.39, 0.29) is 5.91 Å². The van der Waals surface area contributed by atoms with Gasteiger partial charge in [-0.2, -0.15) is 0 Å². The molecule has 0 bridgehead atoms. The van der Waals surface area contributed by atoms with Crippen molar-refractivity contribution in [3.8, 4) is 0 Å². The molecule has 0 radical (unpaired) electrons. The summed E-state index contributed by atoms with van der Waals surface area (Å²) in [6, 6.07) is 8.08. The van der Waals surface area contributed by atoms with Crippen LogP contribution in [0.1, 0.15) is 19.8 Å². The molecular weight excluding hydrogens is 226 g/mol. The summed E-state index contributed by atoms with van der Waals surface area (Å²) in [5, 5.41) is 0. The van der Waals surface area contributed by atoms with Crippen LogP contribution in [-0.2, 0) is 4.79 Å². The first kappa shape index (κ1) is 12.7. The molecule has 2 rings (SSSR count). The molecule has 1 aliphatic rings. The Bertz CT molecular complexity index is 412. The zero-order valence-corrected chi connectivity index (χ0v) is 11.1. The average molecular weight is 247 g/mol. The van der Waals surface area contributed by atoms with Gasteiger partial charge in [0.15, 0.2) is 0 Å². The molecule has 98 valence electrons. The average Bonchev–Trinajstić information content (AvgIpc) is 3.15. The van der Waals surface area contributed by atoms with Crippen LogP contribution in [-0.4, -0.2) is 37.0 Å². The van der Waals surface area contributed by atoms with E-state index in [2.05, 4.69) is 0 Å². The number of likely N-dealkylation sites (N-methyl/N-ethyl adjacent to an activating group) is 2. The van der Waals surface area contributed by atoms with Gasteiger partial charge in [0.25, 0.3) is 0 Å². The fraction of sp³-hybridized carbons (Fsp3) is 0.500. The number of benzene rings is 1. The largest absolute Gasteiger partial charge is 0.399 e. The van der Waals surface area contributed by atoms with Gasteiger partial charge in [-0.15, -0.1) is 0 Å². The first-order chi connectivity index (χ1) is 8.61. The summed E-state index contributed by atoms with van der Waals surface area (Å²) in [6.45, 7) is 3.27. The summed E-state index contributed by atoms with van der Waals surface area (Å²) in [4.78, 5) is 16.1. The van der Waals surface area contributed by atoms with Gasteiger partial charge in [0.2, 0.25) is 5.91 Å². The monoisotopic (exact) mass is 247 g/mol. The third kappa shape index (κ3) is 2.94. The Morgan fingerprint density at radius 2 is 1.94 bits per heavy atom. The van der Waals surface area contributed by atoms with E-state index in [9.17, 15) is 4.79 Å². The highest BCUT2D eigenvalue weighted by Gasteiger charge is 2.31. The number of amides is 1. The molecule has 4 heteroatoms. The summed E-state index contributed by atoms with van der Waals surface area (Å²) in [7, 11) is 1.93. The van der Waals surface area contributed by atoms with Gasteiger partial charge in [-0.25, -0.2) is 0 Å². The number of carbonyl (C=O) groups is 1. The van der Waals surface area contributed by atoms with Crippen molar-refractivity contribution >= 4 is 17.3 Å². The zero-order chi connectivity index (χ0) is 13.1. The Hall–Kier alpha value is -1.71. The second kappa shape index (κ2) is 5.29. The molecule has 0 saturated heterocycles. The molecule has 0 heterocycles. The van der Waals surface area contributed by atoms with Crippen molar-refractivity contribution in [3.63, 3.8) is 0 Å². The fourth-order valence-electron chi connectivity index (χ4n) is 2.14. The number of anilines is 2. The predicted octanol–water partition coefficient (Wildman–Crippen LogP) is 1.72. The minimum Gasteiger partial charge on any atom is -0.399 e. The molecule has 18 heavy (non-hydrogen) atoms. The van der Waals surface area contributed by atoms with Crippen LogP contribution < -0.4 is 10.6 Å². The lowest BCUT2D eigenvalue weighted by Gasteiger charge is -2.25. The first-order valence-corrected chi connectivity index (χ1v) is 6.48. The van der Waals surface area contributed by atoms with E-state index >= 15 is 0 Å². The van der Waals surface area contributed by atoms with Gasteiger partial charge in [-0.1, -0.05) is 0 Å². The molecule has 2 N–H and O–H groups in total. The summed E-state index contributed by atoms with van der Waals surface area (Å²) < 4.78 is 0. The molecular formula is C14H21N3O. The molecule has 1 fully saturated rings. The SMILES string of the molecule is CCN(C(=O)CN(C)c1ccc(N)cc1)C1CC1. The van der Waals surface area contributed by atoms with Crippen LogP contribution in [0.15, 0.2) is 24.3 Å². The van der Waals surface area contributed by atoms with E-state index in [4.69, 9.17) is 5.73 Å². The van der Waals surface area contributed by atoms with Crippen molar-refractivity contribution in [2.45, 2.75) is 25.8 Å². The van der Waals surface area contributed by atoms with Crippen molar-refractivity contribution in [3.05, 3.63) is 24.3 Å². The fourth-order valence-corrected chi connectivity index (χ4v) is 2.14. The van der Waals surface area contributed by atoms with Crippen LogP contribution >= 0.6 is 0 Å². The van der Waals surface area contributed by atoms with E-state index in [0.29, 0.717) is 12.6 Å². The third-order valence-electron chi connectivity index (χ3n) is 3.35. The molecule has 4 nitrogen and oxygen atoms in total. The molecule has 1 aromatic carbocycles. The van der Waals surface area contributed by atoms with E-state index in [1.54, 1.807) is 0 Å². The topological polar surface area (TPSA) is 49.6 Å². The van der Waals surface area contributed by atoms with Gasteiger partial charge >= 0.3 is 0 Å². The number of nitrogen functional groups attached to an aromatic ring is 1. The maximum absolute atomic E-state index is 12.2. The third-order valence-corrected chi connectivity index (χ3v) is 3.35. The second-order valence-electron chi connectivity index (χ2n) is 4.86. The second-order valence-corrected chi connectivity index (χ2v) is 4.86. The van der Waals surface area contributed by atoms with E-state index in [1.807, 2.05) is 48.0 Å². The number of hydrogen-bond acceptors (Lipinski definition) is 3. The minimum atomic E-state index is 0.208. The molecule has 0 spiro atoms. The molecule has 0 atom stereocenters. The van der Waals surface area contributed by atoms with E-state index < -0.39 is 0 Å². The zero-order valence-electron chi connectivity index (χ0n) is 11.1. The maximum Gasteiger partial charge on any atom is 0.242 e. The molecule has 1 aliphatic carbocycles. The highest BCUT2D eigenvalue weighted by Crippen LogP contribution is 2.26. The van der Waals surface area contributed by atoms with Gasteiger partial charge in [0, 0.05) is 31.0 Å². The summed E-state index contributed by atoms with van der Waals surface area (Å²) in [6.07, 6.45) is 2.32. The van der Waals surface area contributed by atoms with Crippen molar-refractivity contribution in [2.24, 2.45) is 0 Å². The molecule has 1 saturated carbocycles. The quantitative estimate of drug-likeness (QED) is 0.806. The Morgan fingerprint density at radius 3 is 2.44 bits per heavy atom. The van der Waals surface area contributed by atoms with Crippen molar-refractivity contribution in [2.75, 3.05) is 30.8 Å². The minimum absolute atomic E-state index is 0.208. The lowest BCUT2D eigenvalue weighted by Crippen LogP contribution is -2.40. The lowest BCUT2D eigenvalue weighted by molar-refractivity contribution is -0.130. The highest BCUT2D eigenvalue weighted by atomic mass is 16.2. The van der Waals surface area contributed by atoms with Crippen molar-refractivity contribution in [1.29, 1.82) is 0 Å². The van der Waals surface area contributed by atoms with Crippen LogP contribution in [0.4, 0.5) is 11.4 Å². The normalized spacial score (nSPS) is 14.3. The Morgan fingerprint density at radius 1 is 1.33 bits per heavy atom. The smallest absolute Gasteiger partial charge is 0.242 e. The standard InChI is InChI=1S/C14H21N3O/c1-3-17(13-8-9-13)14(18)10-16(2)12-6-4-11(15)5-7-12/h4-7,13H,3,8-10,15H2,1-2H3. The Balaban J connectivity index is 1.95. The predicted molar refractivity (Wildman–Crippen MR) is 74.5 cm³/mol. The number of carbonyl (C=O) groups excluding carboxylic acids is 1. The molecule has 1 aromatic rings. The number of nitrogens with zero attached hydrogens (tertiary/aromatic N) is 2. The van der Waals surface area contributed by atoms with Gasteiger partial charge in [-0.3, -0.25) is 4.79 Å². The lowest BCUT2D eigenvalue weighted by atomic mass is 10.2. The van der Waals surface area contributed by atoms with Crippen LogP contribution in [0.5, 0.6) is 0 Å². The van der Waals surface area contributed by atoms with Crippen LogP contribution in [0.3, 0.4) is 0 Å². The molecule has 0 unspecified atom stereocenters. The Kier molecular flexibility index (Phi) is 3.75. The molecule has 0 aliphatic heterocycles. The maximum atomic E-state index is 12.2. The number of hydrogen-bond donors (Lipinski definition) is 1. The first-order valence-electron chi connectivity index (χ1n) is 6.48. The van der Waals surface area contributed by atoms with Gasteiger partial charge in [0.05, 0.1) is 6.54 Å². The van der Waals surface area contributed by atoms with Gasteiger partial charge in [0.1, 0.15) is 0 Å². The molecule has 1 amide bonds. The van der Waals surface area contributed by atoms with Gasteiger partial charge in [-0.05, 0) is 44.0 Å². The number of nitrogens with two attached hydrogens (primary N) is 1.